The second kappa shape index (κ2) is 4.16. The molecule has 0 saturated heterocycles. The highest BCUT2D eigenvalue weighted by Crippen LogP contribution is 2.23. The minimum Gasteiger partial charge on any atom is -0.399 e. The second-order valence-corrected chi connectivity index (χ2v) is 5.38. The Morgan fingerprint density at radius 3 is 2.40 bits per heavy atom. The Bertz CT molecular complexity index is 490. The molecule has 15 heavy (non-hydrogen) atoms. The van der Waals surface area contributed by atoms with E-state index >= 15 is 0 Å². The number of benzene rings is 1. The number of ketones is 1. The number of carbonyl (C=O) groups is 1. The van der Waals surface area contributed by atoms with Crippen molar-refractivity contribution in [3.05, 3.63) is 50.6 Å². The molecule has 0 aliphatic carbocycles. The molecule has 0 fully saturated rings. The van der Waals surface area contributed by atoms with Crippen LogP contribution in [0, 0.1) is 0 Å². The predicted molar refractivity (Wildman–Crippen MR) is 66.3 cm³/mol. The van der Waals surface area contributed by atoms with Crippen molar-refractivity contribution in [1.29, 1.82) is 0 Å². The normalized spacial score (nSPS) is 10.2. The molecule has 0 radical (unpaired) electrons. The monoisotopic (exact) mass is 281 g/mol. The van der Waals surface area contributed by atoms with Gasteiger partial charge in [-0.2, -0.15) is 0 Å². The number of thiophene rings is 1. The second-order valence-electron chi connectivity index (χ2n) is 3.09. The van der Waals surface area contributed by atoms with Crippen LogP contribution >= 0.6 is 27.3 Å². The molecule has 2 nitrogen and oxygen atoms in total. The molecule has 0 amide bonds. The molecule has 1 aromatic heterocycles. The molecule has 0 atom stereocenters. The lowest BCUT2D eigenvalue weighted by molar-refractivity contribution is 0.103. The van der Waals surface area contributed by atoms with Crippen LogP contribution in [0.2, 0.25) is 0 Å². The number of hydrogen-bond donors (Lipinski definition) is 1. The molecule has 2 N–H and O–H groups in total. The Morgan fingerprint density at radius 1 is 1.20 bits per heavy atom. The minimum absolute atomic E-state index is 0.0250. The quantitative estimate of drug-likeness (QED) is 0.678. The fourth-order valence-electron chi connectivity index (χ4n) is 1.23. The molecule has 1 aromatic carbocycles. The fraction of sp³-hybridized carbons (Fsp3) is 0. The van der Waals surface area contributed by atoms with Gasteiger partial charge < -0.3 is 5.73 Å². The van der Waals surface area contributed by atoms with Crippen LogP contribution in [-0.4, -0.2) is 5.78 Å². The van der Waals surface area contributed by atoms with Crippen LogP contribution in [0.25, 0.3) is 0 Å². The van der Waals surface area contributed by atoms with E-state index < -0.39 is 0 Å². The van der Waals surface area contributed by atoms with E-state index in [1.54, 1.807) is 24.3 Å². The molecule has 0 spiro atoms. The van der Waals surface area contributed by atoms with Crippen molar-refractivity contribution >= 4 is 38.7 Å². The molecule has 0 aliphatic rings. The summed E-state index contributed by atoms with van der Waals surface area (Å²) in [5, 5.41) is 1.84. The number of nitrogens with two attached hydrogens (primary N) is 1. The summed E-state index contributed by atoms with van der Waals surface area (Å²) in [4.78, 5) is 11.9. The van der Waals surface area contributed by atoms with Gasteiger partial charge in [-0.1, -0.05) is 0 Å². The van der Waals surface area contributed by atoms with Crippen molar-refractivity contribution in [2.45, 2.75) is 0 Å². The van der Waals surface area contributed by atoms with E-state index in [0.29, 0.717) is 16.8 Å². The first-order valence-electron chi connectivity index (χ1n) is 4.31. The van der Waals surface area contributed by atoms with Crippen molar-refractivity contribution in [3.63, 3.8) is 0 Å². The Kier molecular flexibility index (Phi) is 2.88. The highest BCUT2D eigenvalue weighted by Gasteiger charge is 2.10. The van der Waals surface area contributed by atoms with Gasteiger partial charge in [-0.3, -0.25) is 4.79 Å². The van der Waals surface area contributed by atoms with E-state index in [4.69, 9.17) is 5.73 Å². The van der Waals surface area contributed by atoms with E-state index in [1.165, 1.54) is 11.3 Å². The number of halogens is 1. The molecule has 0 saturated carbocycles. The molecule has 76 valence electrons. The van der Waals surface area contributed by atoms with E-state index in [1.807, 2.05) is 11.4 Å². The number of rotatable bonds is 2. The third-order valence-corrected chi connectivity index (χ3v) is 3.51. The van der Waals surface area contributed by atoms with Crippen LogP contribution in [0.4, 0.5) is 5.69 Å². The minimum atomic E-state index is 0.0250. The van der Waals surface area contributed by atoms with Gasteiger partial charge in [0.2, 0.25) is 0 Å². The summed E-state index contributed by atoms with van der Waals surface area (Å²) in [5.74, 6) is 0.0250. The molecular formula is C11H8BrNOS. The van der Waals surface area contributed by atoms with Gasteiger partial charge in [0.05, 0.1) is 3.79 Å². The molecule has 1 heterocycles. The predicted octanol–water partition coefficient (Wildman–Crippen LogP) is 3.32. The first-order valence-corrected chi connectivity index (χ1v) is 5.98. The molecule has 0 unspecified atom stereocenters. The molecule has 4 heteroatoms. The smallest absolute Gasteiger partial charge is 0.193 e. The maximum Gasteiger partial charge on any atom is 0.193 e. The topological polar surface area (TPSA) is 43.1 Å². The van der Waals surface area contributed by atoms with Crippen LogP contribution in [0.5, 0.6) is 0 Å². The van der Waals surface area contributed by atoms with Crippen LogP contribution in [-0.2, 0) is 0 Å². The number of hydrogen-bond acceptors (Lipinski definition) is 3. The summed E-state index contributed by atoms with van der Waals surface area (Å²) in [6.45, 7) is 0. The summed E-state index contributed by atoms with van der Waals surface area (Å²) in [6, 6.07) is 8.76. The maximum absolute atomic E-state index is 11.9. The summed E-state index contributed by atoms with van der Waals surface area (Å²) in [5.41, 5.74) is 7.58. The zero-order valence-electron chi connectivity index (χ0n) is 7.74. The van der Waals surface area contributed by atoms with Gasteiger partial charge >= 0.3 is 0 Å². The van der Waals surface area contributed by atoms with Crippen LogP contribution < -0.4 is 5.73 Å². The first kappa shape index (κ1) is 10.4. The Labute approximate surface area is 99.9 Å². The van der Waals surface area contributed by atoms with E-state index in [-0.39, 0.29) is 5.78 Å². The van der Waals surface area contributed by atoms with Gasteiger partial charge in [0.25, 0.3) is 0 Å². The molecule has 2 aromatic rings. The fourth-order valence-corrected chi connectivity index (χ4v) is 2.37. The summed E-state index contributed by atoms with van der Waals surface area (Å²) < 4.78 is 0.960. The average molecular weight is 282 g/mol. The molecule has 0 bridgehead atoms. The SMILES string of the molecule is Nc1ccc(C(=O)c2csc(Br)c2)cc1. The van der Waals surface area contributed by atoms with Gasteiger partial charge in [-0.25, -0.2) is 0 Å². The highest BCUT2D eigenvalue weighted by atomic mass is 79.9. The average Bonchev–Trinajstić information content (AvgIpc) is 2.65. The number of nitrogen functional groups attached to an aromatic ring is 1. The lowest BCUT2D eigenvalue weighted by Crippen LogP contribution is -1.99. The van der Waals surface area contributed by atoms with Crippen molar-refractivity contribution < 1.29 is 4.79 Å². The molecular weight excluding hydrogens is 274 g/mol. The Morgan fingerprint density at radius 2 is 1.87 bits per heavy atom. The zero-order chi connectivity index (χ0) is 10.8. The van der Waals surface area contributed by atoms with Crippen molar-refractivity contribution in [2.24, 2.45) is 0 Å². The van der Waals surface area contributed by atoms with Gasteiger partial charge in [0.1, 0.15) is 0 Å². The van der Waals surface area contributed by atoms with Crippen molar-refractivity contribution in [3.8, 4) is 0 Å². The van der Waals surface area contributed by atoms with Crippen LogP contribution in [0.1, 0.15) is 15.9 Å². The Hall–Kier alpha value is -1.13. The zero-order valence-corrected chi connectivity index (χ0v) is 10.1. The lowest BCUT2D eigenvalue weighted by Gasteiger charge is -1.98. The summed E-state index contributed by atoms with van der Waals surface area (Å²) >= 11 is 4.83. The maximum atomic E-state index is 11.9. The van der Waals surface area contributed by atoms with Crippen molar-refractivity contribution in [1.82, 2.24) is 0 Å². The van der Waals surface area contributed by atoms with Crippen LogP contribution in [0.15, 0.2) is 39.5 Å². The first-order chi connectivity index (χ1) is 7.16. The van der Waals surface area contributed by atoms with Gasteiger partial charge in [0, 0.05) is 22.2 Å². The Balaban J connectivity index is 2.32. The largest absolute Gasteiger partial charge is 0.399 e. The van der Waals surface area contributed by atoms with Crippen molar-refractivity contribution in [2.75, 3.05) is 5.73 Å². The van der Waals surface area contributed by atoms with Gasteiger partial charge in [-0.15, -0.1) is 11.3 Å². The van der Waals surface area contributed by atoms with Crippen LogP contribution in [0.3, 0.4) is 0 Å². The van der Waals surface area contributed by atoms with Gasteiger partial charge in [-0.05, 0) is 46.3 Å². The lowest BCUT2D eigenvalue weighted by atomic mass is 10.1. The summed E-state index contributed by atoms with van der Waals surface area (Å²) in [6.07, 6.45) is 0. The van der Waals surface area contributed by atoms with E-state index in [2.05, 4.69) is 15.9 Å². The highest BCUT2D eigenvalue weighted by molar-refractivity contribution is 9.11. The molecule has 0 aliphatic heterocycles. The van der Waals surface area contributed by atoms with Gasteiger partial charge in [0.15, 0.2) is 5.78 Å². The number of carbonyl (C=O) groups excluding carboxylic acids is 1. The third kappa shape index (κ3) is 2.27. The number of anilines is 1. The molecule has 2 rings (SSSR count). The van der Waals surface area contributed by atoms with E-state index in [9.17, 15) is 4.79 Å². The third-order valence-electron chi connectivity index (χ3n) is 2.00. The standard InChI is InChI=1S/C11H8BrNOS/c12-10-5-8(6-15-10)11(14)7-1-3-9(13)4-2-7/h1-6H,13H2. The van der Waals surface area contributed by atoms with E-state index in [0.717, 1.165) is 3.79 Å². The summed E-state index contributed by atoms with van der Waals surface area (Å²) in [7, 11) is 0.